The van der Waals surface area contributed by atoms with E-state index in [9.17, 15) is 4.79 Å². The van der Waals surface area contributed by atoms with Crippen LogP contribution in [0.15, 0.2) is 36.5 Å². The van der Waals surface area contributed by atoms with Crippen LogP contribution in [0.5, 0.6) is 0 Å². The Kier molecular flexibility index (Phi) is 4.53. The number of carbonyl (C=O) groups is 1. The van der Waals surface area contributed by atoms with Crippen LogP contribution >= 0.6 is 0 Å². The molecule has 1 aromatic carbocycles. The van der Waals surface area contributed by atoms with Crippen LogP contribution in [0, 0.1) is 11.8 Å². The fraction of sp³-hybridized carbons (Fsp3) is 0.412. The van der Waals surface area contributed by atoms with Gasteiger partial charge in [-0.3, -0.25) is 4.79 Å². The topological polar surface area (TPSA) is 67.0 Å². The Morgan fingerprint density at radius 1 is 1.41 bits per heavy atom. The van der Waals surface area contributed by atoms with Crippen LogP contribution in [0.1, 0.15) is 19.2 Å². The van der Waals surface area contributed by atoms with Gasteiger partial charge in [-0.2, -0.15) is 0 Å². The summed E-state index contributed by atoms with van der Waals surface area (Å²) in [6.07, 6.45) is 2.59. The Bertz CT molecular complexity index is 624. The Labute approximate surface area is 130 Å². The number of amides is 1. The van der Waals surface area contributed by atoms with Crippen molar-refractivity contribution in [2.75, 3.05) is 13.2 Å². The number of rotatable bonds is 4. The van der Waals surface area contributed by atoms with Gasteiger partial charge in [-0.1, -0.05) is 37.3 Å². The largest absolute Gasteiger partial charge is 0.381 e. The molecule has 1 fully saturated rings. The molecule has 3 rings (SSSR count). The van der Waals surface area contributed by atoms with Crippen molar-refractivity contribution < 1.29 is 9.53 Å². The summed E-state index contributed by atoms with van der Waals surface area (Å²) in [6.45, 7) is 3.82. The van der Waals surface area contributed by atoms with E-state index in [-0.39, 0.29) is 17.7 Å². The molecule has 1 aliphatic rings. The highest BCUT2D eigenvalue weighted by Gasteiger charge is 2.28. The molecule has 2 atom stereocenters. The summed E-state index contributed by atoms with van der Waals surface area (Å²) in [7, 11) is 0. The highest BCUT2D eigenvalue weighted by atomic mass is 16.5. The molecule has 2 heterocycles. The van der Waals surface area contributed by atoms with Gasteiger partial charge in [0.25, 0.3) is 0 Å². The molecule has 1 aliphatic heterocycles. The number of imidazole rings is 1. The SMILES string of the molecule is CC1COCCC1C(=O)NCc1ncc(-c2ccccc2)[nH]1. The monoisotopic (exact) mass is 299 g/mol. The lowest BCUT2D eigenvalue weighted by atomic mass is 9.89. The van der Waals surface area contributed by atoms with Crippen LogP contribution in [-0.4, -0.2) is 29.1 Å². The van der Waals surface area contributed by atoms with Crippen molar-refractivity contribution in [2.24, 2.45) is 11.8 Å². The van der Waals surface area contributed by atoms with Crippen molar-refractivity contribution in [1.29, 1.82) is 0 Å². The maximum atomic E-state index is 12.3. The molecule has 0 spiro atoms. The van der Waals surface area contributed by atoms with Crippen molar-refractivity contribution in [3.63, 3.8) is 0 Å². The van der Waals surface area contributed by atoms with Gasteiger partial charge in [0.2, 0.25) is 5.91 Å². The number of hydrogen-bond acceptors (Lipinski definition) is 3. The molecule has 5 nitrogen and oxygen atoms in total. The van der Waals surface area contributed by atoms with Gasteiger partial charge in [-0.15, -0.1) is 0 Å². The second kappa shape index (κ2) is 6.75. The molecule has 116 valence electrons. The molecule has 1 aromatic heterocycles. The molecule has 22 heavy (non-hydrogen) atoms. The second-order valence-corrected chi connectivity index (χ2v) is 5.77. The van der Waals surface area contributed by atoms with E-state index in [1.807, 2.05) is 30.3 Å². The summed E-state index contributed by atoms with van der Waals surface area (Å²) >= 11 is 0. The molecule has 1 saturated heterocycles. The molecule has 2 unspecified atom stereocenters. The first-order valence-corrected chi connectivity index (χ1v) is 7.69. The van der Waals surface area contributed by atoms with E-state index in [2.05, 4.69) is 22.2 Å². The molecule has 2 aromatic rings. The van der Waals surface area contributed by atoms with Crippen LogP contribution in [0.4, 0.5) is 0 Å². The van der Waals surface area contributed by atoms with Crippen molar-refractivity contribution in [1.82, 2.24) is 15.3 Å². The standard InChI is InChI=1S/C17H21N3O2/c1-12-11-22-8-7-14(12)17(21)19-10-16-18-9-15(20-16)13-5-3-2-4-6-13/h2-6,9,12,14H,7-8,10-11H2,1H3,(H,18,20)(H,19,21). The van der Waals surface area contributed by atoms with E-state index < -0.39 is 0 Å². The number of H-pyrrole nitrogens is 1. The first-order chi connectivity index (χ1) is 10.7. The lowest BCUT2D eigenvalue weighted by Crippen LogP contribution is -2.38. The minimum Gasteiger partial charge on any atom is -0.381 e. The number of ether oxygens (including phenoxy) is 1. The summed E-state index contributed by atoms with van der Waals surface area (Å²) in [4.78, 5) is 19.8. The molecular formula is C17H21N3O2. The first-order valence-electron chi connectivity index (χ1n) is 7.69. The van der Waals surface area contributed by atoms with E-state index in [0.29, 0.717) is 19.8 Å². The molecule has 0 saturated carbocycles. The van der Waals surface area contributed by atoms with Gasteiger partial charge < -0.3 is 15.0 Å². The number of carbonyl (C=O) groups excluding carboxylic acids is 1. The lowest BCUT2D eigenvalue weighted by Gasteiger charge is -2.27. The van der Waals surface area contributed by atoms with E-state index in [1.165, 1.54) is 0 Å². The van der Waals surface area contributed by atoms with Crippen molar-refractivity contribution in [3.05, 3.63) is 42.4 Å². The molecule has 5 heteroatoms. The zero-order valence-electron chi connectivity index (χ0n) is 12.7. The molecule has 0 radical (unpaired) electrons. The molecular weight excluding hydrogens is 278 g/mol. The highest BCUT2D eigenvalue weighted by molar-refractivity contribution is 5.79. The van der Waals surface area contributed by atoms with Gasteiger partial charge in [0, 0.05) is 19.1 Å². The van der Waals surface area contributed by atoms with Crippen LogP contribution in [0.2, 0.25) is 0 Å². The van der Waals surface area contributed by atoms with Crippen LogP contribution in [0.25, 0.3) is 11.3 Å². The first kappa shape index (κ1) is 14.8. The third-order valence-corrected chi connectivity index (χ3v) is 4.12. The minimum absolute atomic E-state index is 0.0392. The number of aromatic amines is 1. The van der Waals surface area contributed by atoms with Gasteiger partial charge in [0.15, 0.2) is 0 Å². The number of aromatic nitrogens is 2. The molecule has 2 N–H and O–H groups in total. The average molecular weight is 299 g/mol. The fourth-order valence-corrected chi connectivity index (χ4v) is 2.79. The minimum atomic E-state index is 0.0392. The van der Waals surface area contributed by atoms with Gasteiger partial charge in [0.05, 0.1) is 18.4 Å². The zero-order chi connectivity index (χ0) is 15.4. The summed E-state index contributed by atoms with van der Waals surface area (Å²) in [6, 6.07) is 10.0. The lowest BCUT2D eigenvalue weighted by molar-refractivity contribution is -0.130. The van der Waals surface area contributed by atoms with Crippen LogP contribution in [-0.2, 0) is 16.1 Å². The summed E-state index contributed by atoms with van der Waals surface area (Å²) in [5.74, 6) is 1.17. The quantitative estimate of drug-likeness (QED) is 0.911. The van der Waals surface area contributed by atoms with Gasteiger partial charge in [-0.05, 0) is 17.9 Å². The van der Waals surface area contributed by atoms with E-state index >= 15 is 0 Å². The number of benzene rings is 1. The summed E-state index contributed by atoms with van der Waals surface area (Å²) < 4.78 is 5.38. The predicted octanol–water partition coefficient (Wildman–Crippen LogP) is 2.37. The third kappa shape index (κ3) is 3.36. The number of hydrogen-bond donors (Lipinski definition) is 2. The van der Waals surface area contributed by atoms with Crippen molar-refractivity contribution in [2.45, 2.75) is 19.9 Å². The Morgan fingerprint density at radius 3 is 3.00 bits per heavy atom. The second-order valence-electron chi connectivity index (χ2n) is 5.77. The van der Waals surface area contributed by atoms with Crippen molar-refractivity contribution in [3.8, 4) is 11.3 Å². The smallest absolute Gasteiger partial charge is 0.223 e. The molecule has 1 amide bonds. The van der Waals surface area contributed by atoms with Crippen LogP contribution in [0.3, 0.4) is 0 Å². The number of nitrogens with zero attached hydrogens (tertiary/aromatic N) is 1. The van der Waals surface area contributed by atoms with E-state index in [1.54, 1.807) is 6.20 Å². The van der Waals surface area contributed by atoms with Gasteiger partial charge in [-0.25, -0.2) is 4.98 Å². The maximum Gasteiger partial charge on any atom is 0.223 e. The zero-order valence-corrected chi connectivity index (χ0v) is 12.7. The van der Waals surface area contributed by atoms with Gasteiger partial charge >= 0.3 is 0 Å². The third-order valence-electron chi connectivity index (χ3n) is 4.12. The summed E-state index contributed by atoms with van der Waals surface area (Å²) in [5, 5.41) is 2.98. The van der Waals surface area contributed by atoms with Crippen molar-refractivity contribution >= 4 is 5.91 Å². The normalized spacial score (nSPS) is 21.5. The predicted molar refractivity (Wildman–Crippen MR) is 84.0 cm³/mol. The fourth-order valence-electron chi connectivity index (χ4n) is 2.79. The number of nitrogens with one attached hydrogen (secondary N) is 2. The molecule has 0 bridgehead atoms. The Morgan fingerprint density at radius 2 is 2.23 bits per heavy atom. The van der Waals surface area contributed by atoms with E-state index in [0.717, 1.165) is 23.5 Å². The Hall–Kier alpha value is -2.14. The maximum absolute atomic E-state index is 12.3. The van der Waals surface area contributed by atoms with Crippen LogP contribution < -0.4 is 5.32 Å². The average Bonchev–Trinajstić information content (AvgIpc) is 3.03. The highest BCUT2D eigenvalue weighted by Crippen LogP contribution is 2.21. The Balaban J connectivity index is 1.58. The van der Waals surface area contributed by atoms with Gasteiger partial charge in [0.1, 0.15) is 5.82 Å². The molecule has 0 aliphatic carbocycles. The summed E-state index contributed by atoms with van der Waals surface area (Å²) in [5.41, 5.74) is 2.05. The van der Waals surface area contributed by atoms with E-state index in [4.69, 9.17) is 4.74 Å².